The van der Waals surface area contributed by atoms with Crippen molar-refractivity contribution in [3.63, 3.8) is 0 Å². The zero-order valence-electron chi connectivity index (χ0n) is 18.2. The number of carbonyl (C=O) groups excluding carboxylic acids is 1. The number of pyridine rings is 1. The Morgan fingerprint density at radius 3 is 2.66 bits per heavy atom. The van der Waals surface area contributed by atoms with Crippen molar-refractivity contribution in [2.45, 2.75) is 20.8 Å². The largest absolute Gasteiger partial charge is 0.493 e. The number of hydrogen-bond donors (Lipinski definition) is 1. The topological polar surface area (TPSA) is 92.8 Å². The molecule has 160 valence electrons. The third kappa shape index (κ3) is 4.30. The fourth-order valence-electron chi connectivity index (χ4n) is 3.31. The summed E-state index contributed by atoms with van der Waals surface area (Å²) in [7, 11) is 0. The molecule has 2 heterocycles. The summed E-state index contributed by atoms with van der Waals surface area (Å²) in [6, 6.07) is 18.7. The highest BCUT2D eigenvalue weighted by molar-refractivity contribution is 6.04. The van der Waals surface area contributed by atoms with Crippen LogP contribution in [0.15, 0.2) is 60.8 Å². The molecule has 1 amide bonds. The number of para-hydroxylation sites is 1. The van der Waals surface area contributed by atoms with Crippen LogP contribution in [0.3, 0.4) is 0 Å². The van der Waals surface area contributed by atoms with Gasteiger partial charge in [-0.3, -0.25) is 4.79 Å². The lowest BCUT2D eigenvalue weighted by atomic mass is 10.1. The molecule has 0 atom stereocenters. The molecule has 4 aromatic rings. The van der Waals surface area contributed by atoms with Crippen LogP contribution >= 0.6 is 0 Å². The molecule has 2 aromatic carbocycles. The normalized spacial score (nSPS) is 10.8. The number of carbonyl (C=O) groups is 1. The maximum atomic E-state index is 12.9. The van der Waals surface area contributed by atoms with Crippen molar-refractivity contribution < 1.29 is 9.53 Å². The number of aromatic nitrogens is 3. The number of ether oxygens (including phenoxy) is 1. The lowest BCUT2D eigenvalue weighted by molar-refractivity contribution is 0.102. The maximum absolute atomic E-state index is 12.9. The van der Waals surface area contributed by atoms with Crippen LogP contribution in [0.5, 0.6) is 5.75 Å². The summed E-state index contributed by atoms with van der Waals surface area (Å²) in [4.78, 5) is 17.6. The molecule has 0 unspecified atom stereocenters. The van der Waals surface area contributed by atoms with Gasteiger partial charge in [0.25, 0.3) is 5.91 Å². The van der Waals surface area contributed by atoms with E-state index in [1.165, 1.54) is 10.9 Å². The molecule has 0 fully saturated rings. The van der Waals surface area contributed by atoms with E-state index in [1.807, 2.05) is 37.3 Å². The first-order valence-corrected chi connectivity index (χ1v) is 10.4. The standard InChI is InChI=1S/C25H23N5O2/c1-16(2)15-32-20-10-8-18(9-11-20)25(31)29-24-19(13-26)14-27-30(24)23-12-17(3)21-6-4-5-7-22(21)28-23/h4-12,14,16H,15H2,1-3H3,(H,29,31). The predicted octanol–water partition coefficient (Wildman–Crippen LogP) is 4.89. The Labute approximate surface area is 186 Å². The van der Waals surface area contributed by atoms with E-state index in [2.05, 4.69) is 35.3 Å². The average molecular weight is 425 g/mol. The highest BCUT2D eigenvalue weighted by Crippen LogP contribution is 2.24. The van der Waals surface area contributed by atoms with Gasteiger partial charge < -0.3 is 10.1 Å². The number of benzene rings is 2. The minimum atomic E-state index is -0.351. The Balaban J connectivity index is 1.63. The van der Waals surface area contributed by atoms with Crippen molar-refractivity contribution >= 4 is 22.6 Å². The fraction of sp³-hybridized carbons (Fsp3) is 0.200. The van der Waals surface area contributed by atoms with Gasteiger partial charge in [0.1, 0.15) is 17.4 Å². The first kappa shape index (κ1) is 21.1. The SMILES string of the molecule is Cc1cc(-n2ncc(C#N)c2NC(=O)c2ccc(OCC(C)C)cc2)nc2ccccc12. The minimum Gasteiger partial charge on any atom is -0.493 e. The van der Waals surface area contributed by atoms with Crippen molar-refractivity contribution in [3.8, 4) is 17.6 Å². The zero-order chi connectivity index (χ0) is 22.7. The molecule has 0 saturated carbocycles. The van der Waals surface area contributed by atoms with Crippen molar-refractivity contribution in [2.24, 2.45) is 5.92 Å². The lowest BCUT2D eigenvalue weighted by Crippen LogP contribution is -2.16. The van der Waals surface area contributed by atoms with E-state index in [0.29, 0.717) is 29.7 Å². The number of nitriles is 1. The van der Waals surface area contributed by atoms with Gasteiger partial charge in [-0.05, 0) is 54.8 Å². The van der Waals surface area contributed by atoms with Gasteiger partial charge >= 0.3 is 0 Å². The van der Waals surface area contributed by atoms with Crippen LogP contribution in [0, 0.1) is 24.2 Å². The Morgan fingerprint density at radius 1 is 1.19 bits per heavy atom. The lowest BCUT2D eigenvalue weighted by Gasteiger charge is -2.12. The van der Waals surface area contributed by atoms with E-state index in [0.717, 1.165) is 16.5 Å². The minimum absolute atomic E-state index is 0.253. The monoisotopic (exact) mass is 425 g/mol. The predicted molar refractivity (Wildman–Crippen MR) is 123 cm³/mol. The van der Waals surface area contributed by atoms with Crippen molar-refractivity contribution in [3.05, 3.63) is 77.5 Å². The molecule has 0 radical (unpaired) electrons. The Morgan fingerprint density at radius 2 is 1.94 bits per heavy atom. The summed E-state index contributed by atoms with van der Waals surface area (Å²) in [5.74, 6) is 1.57. The molecule has 0 spiro atoms. The van der Waals surface area contributed by atoms with Gasteiger partial charge in [0, 0.05) is 10.9 Å². The Bertz CT molecular complexity index is 1320. The Kier molecular flexibility index (Phi) is 5.86. The number of fused-ring (bicyclic) bond motifs is 1. The molecular weight excluding hydrogens is 402 g/mol. The number of nitrogens with one attached hydrogen (secondary N) is 1. The highest BCUT2D eigenvalue weighted by Gasteiger charge is 2.18. The molecule has 32 heavy (non-hydrogen) atoms. The second kappa shape index (κ2) is 8.90. The highest BCUT2D eigenvalue weighted by atomic mass is 16.5. The van der Waals surface area contributed by atoms with E-state index in [1.54, 1.807) is 24.3 Å². The first-order chi connectivity index (χ1) is 15.5. The fourth-order valence-corrected chi connectivity index (χ4v) is 3.31. The summed E-state index contributed by atoms with van der Waals surface area (Å²) < 4.78 is 7.15. The zero-order valence-corrected chi connectivity index (χ0v) is 18.2. The third-order valence-electron chi connectivity index (χ3n) is 4.95. The van der Waals surface area contributed by atoms with E-state index in [4.69, 9.17) is 4.74 Å². The second-order valence-electron chi connectivity index (χ2n) is 7.93. The average Bonchev–Trinajstić information content (AvgIpc) is 3.20. The van der Waals surface area contributed by atoms with E-state index in [9.17, 15) is 10.1 Å². The van der Waals surface area contributed by atoms with E-state index >= 15 is 0 Å². The quantitative estimate of drug-likeness (QED) is 0.475. The van der Waals surface area contributed by atoms with Gasteiger partial charge in [0.15, 0.2) is 11.6 Å². The van der Waals surface area contributed by atoms with Crippen LogP contribution in [0.25, 0.3) is 16.7 Å². The van der Waals surface area contributed by atoms with Crippen molar-refractivity contribution in [1.29, 1.82) is 5.26 Å². The summed E-state index contributed by atoms with van der Waals surface area (Å²) >= 11 is 0. The molecule has 4 rings (SSSR count). The molecule has 0 aliphatic heterocycles. The molecule has 0 saturated heterocycles. The van der Waals surface area contributed by atoms with Gasteiger partial charge in [0.05, 0.1) is 18.3 Å². The summed E-state index contributed by atoms with van der Waals surface area (Å²) in [5.41, 5.74) is 2.53. The molecule has 0 bridgehead atoms. The first-order valence-electron chi connectivity index (χ1n) is 10.4. The van der Waals surface area contributed by atoms with Crippen LogP contribution in [0.4, 0.5) is 5.82 Å². The molecule has 0 aliphatic carbocycles. The smallest absolute Gasteiger partial charge is 0.256 e. The number of rotatable bonds is 6. The van der Waals surface area contributed by atoms with Crippen LogP contribution in [0.2, 0.25) is 0 Å². The number of anilines is 1. The molecule has 1 N–H and O–H groups in total. The summed E-state index contributed by atoms with van der Waals surface area (Å²) in [5, 5.41) is 17.7. The molecule has 0 aliphatic rings. The maximum Gasteiger partial charge on any atom is 0.256 e. The molecule has 7 nitrogen and oxygen atoms in total. The summed E-state index contributed by atoms with van der Waals surface area (Å²) in [6.07, 6.45) is 1.42. The number of aryl methyl sites for hydroxylation is 1. The molecule has 2 aromatic heterocycles. The number of nitrogens with zero attached hydrogens (tertiary/aromatic N) is 4. The third-order valence-corrected chi connectivity index (χ3v) is 4.95. The number of hydrogen-bond acceptors (Lipinski definition) is 5. The Hall–Kier alpha value is -4.18. The van der Waals surface area contributed by atoms with Crippen LogP contribution in [0.1, 0.15) is 35.3 Å². The van der Waals surface area contributed by atoms with Gasteiger partial charge in [-0.1, -0.05) is 32.0 Å². The van der Waals surface area contributed by atoms with Gasteiger partial charge in [-0.25, -0.2) is 4.98 Å². The van der Waals surface area contributed by atoms with E-state index in [-0.39, 0.29) is 17.3 Å². The molecular formula is C25H23N5O2. The number of amides is 1. The second-order valence-corrected chi connectivity index (χ2v) is 7.93. The van der Waals surface area contributed by atoms with Gasteiger partial charge in [-0.15, -0.1) is 0 Å². The van der Waals surface area contributed by atoms with Crippen LogP contribution < -0.4 is 10.1 Å². The molecule has 7 heteroatoms. The van der Waals surface area contributed by atoms with Crippen LogP contribution in [-0.2, 0) is 0 Å². The van der Waals surface area contributed by atoms with Gasteiger partial charge in [-0.2, -0.15) is 15.0 Å². The van der Waals surface area contributed by atoms with E-state index < -0.39 is 0 Å². The van der Waals surface area contributed by atoms with Crippen molar-refractivity contribution in [1.82, 2.24) is 14.8 Å². The van der Waals surface area contributed by atoms with Crippen LogP contribution in [-0.4, -0.2) is 27.3 Å². The summed E-state index contributed by atoms with van der Waals surface area (Å²) in [6.45, 7) is 6.74. The van der Waals surface area contributed by atoms with Crippen molar-refractivity contribution in [2.75, 3.05) is 11.9 Å². The van der Waals surface area contributed by atoms with Gasteiger partial charge in [0.2, 0.25) is 0 Å².